The lowest BCUT2D eigenvalue weighted by Gasteiger charge is -2.26. The van der Waals surface area contributed by atoms with Gasteiger partial charge in [-0.2, -0.15) is 0 Å². The van der Waals surface area contributed by atoms with Crippen LogP contribution in [0.5, 0.6) is 23.0 Å². The predicted molar refractivity (Wildman–Crippen MR) is 153 cm³/mol. The first kappa shape index (κ1) is 26.4. The Morgan fingerprint density at radius 2 is 1.39 bits per heavy atom. The van der Waals surface area contributed by atoms with Crippen molar-refractivity contribution in [2.75, 3.05) is 20.1 Å². The van der Waals surface area contributed by atoms with Gasteiger partial charge in [-0.1, -0.05) is 40.2 Å². The maximum absolute atomic E-state index is 9.58. The normalized spacial score (nSPS) is 17.0. The highest BCUT2D eigenvalue weighted by Gasteiger charge is 2.20. The molecular formula is C31H32BrNO5. The van der Waals surface area contributed by atoms with Gasteiger partial charge in [0.1, 0.15) is 0 Å². The number of halogens is 1. The van der Waals surface area contributed by atoms with Gasteiger partial charge in [0.05, 0.1) is 12.6 Å². The molecule has 3 heterocycles. The minimum absolute atomic E-state index is 0.0802. The molecule has 0 fully saturated rings. The third-order valence-corrected chi connectivity index (χ3v) is 7.36. The smallest absolute Gasteiger partial charge is 0.231 e. The molecule has 3 aromatic carbocycles. The summed E-state index contributed by atoms with van der Waals surface area (Å²) in [6.07, 6.45) is 7.34. The topological polar surface area (TPSA) is 69.2 Å². The molecule has 0 aromatic heterocycles. The van der Waals surface area contributed by atoms with Gasteiger partial charge in [0.2, 0.25) is 13.6 Å². The highest BCUT2D eigenvalue weighted by atomic mass is 79.9. The van der Waals surface area contributed by atoms with E-state index in [4.69, 9.17) is 18.9 Å². The van der Waals surface area contributed by atoms with Gasteiger partial charge in [0.25, 0.3) is 0 Å². The number of hydrogen-bond acceptors (Lipinski definition) is 6. The van der Waals surface area contributed by atoms with Crippen molar-refractivity contribution in [3.8, 4) is 23.0 Å². The molecule has 0 amide bonds. The number of aliphatic hydroxyl groups is 1. The maximum Gasteiger partial charge on any atom is 0.231 e. The van der Waals surface area contributed by atoms with Crippen LogP contribution in [-0.2, 0) is 13.0 Å². The van der Waals surface area contributed by atoms with E-state index in [1.165, 1.54) is 16.7 Å². The lowest BCUT2D eigenvalue weighted by molar-refractivity contribution is 0.173. The number of benzene rings is 3. The van der Waals surface area contributed by atoms with Crippen LogP contribution in [0.4, 0.5) is 0 Å². The van der Waals surface area contributed by atoms with Gasteiger partial charge in [-0.25, -0.2) is 0 Å². The molecule has 6 rings (SSSR count). The first-order valence-corrected chi connectivity index (χ1v) is 13.6. The molecule has 0 aliphatic carbocycles. The Morgan fingerprint density at radius 1 is 0.816 bits per heavy atom. The van der Waals surface area contributed by atoms with Crippen molar-refractivity contribution < 1.29 is 24.1 Å². The van der Waals surface area contributed by atoms with Crippen molar-refractivity contribution in [1.29, 1.82) is 0 Å². The second-order valence-corrected chi connectivity index (χ2v) is 10.1. The largest absolute Gasteiger partial charge is 0.454 e. The fraction of sp³-hybridized carbons (Fsp3) is 0.290. The van der Waals surface area contributed by atoms with E-state index in [1.54, 1.807) is 0 Å². The first-order valence-electron chi connectivity index (χ1n) is 12.7. The molecule has 6 nitrogen and oxygen atoms in total. The minimum atomic E-state index is 0.0802. The van der Waals surface area contributed by atoms with Crippen LogP contribution < -0.4 is 24.3 Å². The molecule has 0 radical (unpaired) electrons. The lowest BCUT2D eigenvalue weighted by Crippen LogP contribution is -2.28. The third-order valence-electron chi connectivity index (χ3n) is 7.10. The average Bonchev–Trinajstić information content (AvgIpc) is 3.56. The zero-order chi connectivity index (χ0) is 26.6. The fourth-order valence-corrected chi connectivity index (χ4v) is 5.18. The molecule has 7 heteroatoms. The van der Waals surface area contributed by atoms with Crippen LogP contribution in [-0.4, -0.2) is 25.2 Å². The molecule has 0 bridgehead atoms. The van der Waals surface area contributed by atoms with E-state index in [1.807, 2.05) is 42.3 Å². The molecule has 0 saturated heterocycles. The Labute approximate surface area is 232 Å². The number of ether oxygens (including phenoxy) is 4. The Bertz CT molecular complexity index is 1400. The fourth-order valence-electron chi connectivity index (χ4n) is 4.90. The van der Waals surface area contributed by atoms with Crippen LogP contribution in [0.1, 0.15) is 50.5 Å². The summed E-state index contributed by atoms with van der Waals surface area (Å²) in [6, 6.07) is 12.5. The number of aliphatic hydroxyl groups excluding tert-OH is 1. The molecule has 38 heavy (non-hydrogen) atoms. The van der Waals surface area contributed by atoms with Crippen LogP contribution >= 0.6 is 15.9 Å². The summed E-state index contributed by atoms with van der Waals surface area (Å²) >= 11 is 3.25. The van der Waals surface area contributed by atoms with Crippen LogP contribution in [0.3, 0.4) is 0 Å². The van der Waals surface area contributed by atoms with E-state index >= 15 is 0 Å². The van der Waals surface area contributed by atoms with Gasteiger partial charge >= 0.3 is 0 Å². The zero-order valence-electron chi connectivity index (χ0n) is 21.8. The molecule has 0 saturated carbocycles. The van der Waals surface area contributed by atoms with E-state index in [2.05, 4.69) is 59.4 Å². The molecule has 1 unspecified atom stereocenters. The Morgan fingerprint density at radius 3 is 1.97 bits per heavy atom. The van der Waals surface area contributed by atoms with E-state index in [0.29, 0.717) is 13.6 Å². The maximum atomic E-state index is 9.58. The SMILES string of the molecule is Cc1cc2c(cc1/C=C/Br)OCO2.Cc1cc2c(cc1/C=C/C1NCCc3cc(C)c(CO)cc31)OCO2. The highest BCUT2D eigenvalue weighted by Crippen LogP contribution is 2.36. The summed E-state index contributed by atoms with van der Waals surface area (Å²) in [6.45, 7) is 7.85. The Balaban J connectivity index is 0.000000190. The summed E-state index contributed by atoms with van der Waals surface area (Å²) < 4.78 is 21.4. The average molecular weight is 579 g/mol. The molecule has 3 aliphatic heterocycles. The molecule has 1 atom stereocenters. The summed E-state index contributed by atoms with van der Waals surface area (Å²) in [4.78, 5) is 1.83. The van der Waals surface area contributed by atoms with Gasteiger partial charge in [-0.15, -0.1) is 0 Å². The minimum Gasteiger partial charge on any atom is -0.454 e. The van der Waals surface area contributed by atoms with Gasteiger partial charge in [0.15, 0.2) is 23.0 Å². The van der Waals surface area contributed by atoms with E-state index in [-0.39, 0.29) is 12.6 Å². The molecule has 0 spiro atoms. The summed E-state index contributed by atoms with van der Waals surface area (Å²) in [5.74, 6) is 3.29. The second-order valence-electron chi connectivity index (χ2n) is 9.59. The molecule has 3 aromatic rings. The second kappa shape index (κ2) is 11.6. The zero-order valence-corrected chi connectivity index (χ0v) is 23.4. The van der Waals surface area contributed by atoms with Crippen molar-refractivity contribution in [2.24, 2.45) is 0 Å². The van der Waals surface area contributed by atoms with Crippen molar-refractivity contribution in [3.05, 3.63) is 92.0 Å². The summed E-state index contributed by atoms with van der Waals surface area (Å²) in [7, 11) is 0. The van der Waals surface area contributed by atoms with E-state index in [0.717, 1.165) is 63.8 Å². The van der Waals surface area contributed by atoms with Crippen molar-refractivity contribution in [2.45, 2.75) is 39.8 Å². The number of hydrogen-bond donors (Lipinski definition) is 2. The number of nitrogens with one attached hydrogen (secondary N) is 1. The quantitative estimate of drug-likeness (QED) is 0.368. The van der Waals surface area contributed by atoms with Crippen LogP contribution in [0.2, 0.25) is 0 Å². The van der Waals surface area contributed by atoms with E-state index < -0.39 is 0 Å². The molecule has 2 N–H and O–H groups in total. The summed E-state index contributed by atoms with van der Waals surface area (Å²) in [5, 5.41) is 13.1. The van der Waals surface area contributed by atoms with Crippen molar-refractivity contribution in [1.82, 2.24) is 5.32 Å². The lowest BCUT2D eigenvalue weighted by atomic mass is 9.89. The van der Waals surface area contributed by atoms with Crippen molar-refractivity contribution in [3.63, 3.8) is 0 Å². The van der Waals surface area contributed by atoms with Gasteiger partial charge in [-0.05, 0) is 107 Å². The van der Waals surface area contributed by atoms with Gasteiger partial charge in [-0.3, -0.25) is 0 Å². The van der Waals surface area contributed by atoms with Gasteiger partial charge < -0.3 is 29.4 Å². The Kier molecular flexibility index (Phi) is 8.07. The number of fused-ring (bicyclic) bond motifs is 3. The molecular weight excluding hydrogens is 546 g/mol. The number of rotatable bonds is 4. The Hall–Kier alpha value is -3.26. The molecule has 3 aliphatic rings. The van der Waals surface area contributed by atoms with Gasteiger partial charge in [0, 0.05) is 6.54 Å². The third kappa shape index (κ3) is 5.60. The van der Waals surface area contributed by atoms with Crippen LogP contribution in [0.15, 0.2) is 47.5 Å². The first-order chi connectivity index (χ1) is 18.5. The summed E-state index contributed by atoms with van der Waals surface area (Å²) in [5.41, 5.74) is 9.41. The van der Waals surface area contributed by atoms with Crippen molar-refractivity contribution >= 4 is 28.1 Å². The van der Waals surface area contributed by atoms with Crippen LogP contribution in [0, 0.1) is 20.8 Å². The highest BCUT2D eigenvalue weighted by molar-refractivity contribution is 9.11. The van der Waals surface area contributed by atoms with Crippen LogP contribution in [0.25, 0.3) is 12.2 Å². The standard InChI is InChI=1S/C21H23NO3.C10H9BrO2/c1-13-7-16-5-6-22-19(18(16)9-17(13)11-23)4-3-15-10-21-20(8-14(15)2)24-12-25-21;1-7-4-9-10(13-6-12-9)5-8(7)2-3-11/h3-4,7-10,19,22-23H,5-6,11-12H2,1-2H3;2-5H,6H2,1H3/b4-3+;3-2+. The van der Waals surface area contributed by atoms with E-state index in [9.17, 15) is 5.11 Å². The number of aryl methyl sites for hydroxylation is 3. The monoisotopic (exact) mass is 577 g/mol. The predicted octanol–water partition coefficient (Wildman–Crippen LogP) is 6.51. The molecule has 198 valence electrons.